The minimum atomic E-state index is -0.104. The van der Waals surface area contributed by atoms with Crippen molar-refractivity contribution in [2.24, 2.45) is 5.92 Å². The van der Waals surface area contributed by atoms with Crippen molar-refractivity contribution in [3.8, 4) is 0 Å². The largest absolute Gasteiger partial charge is 0.314 e. The molecule has 1 aromatic rings. The van der Waals surface area contributed by atoms with Crippen LogP contribution < -0.4 is 5.32 Å². The third-order valence-corrected chi connectivity index (χ3v) is 3.85. The normalized spacial score (nSPS) is 18.8. The molecule has 1 N–H and O–H groups in total. The molecule has 1 fully saturated rings. The maximum atomic E-state index is 13.4. The number of nitrogens with one attached hydrogen (secondary N) is 1. The summed E-state index contributed by atoms with van der Waals surface area (Å²) in [6.07, 6.45) is 1.13. The Morgan fingerprint density at radius 3 is 2.53 bits per heavy atom. The first-order valence-corrected chi connectivity index (χ1v) is 7.28. The van der Waals surface area contributed by atoms with Crippen molar-refractivity contribution in [1.29, 1.82) is 0 Å². The molecule has 1 aromatic carbocycles. The Hall–Kier alpha value is -0.930. The van der Waals surface area contributed by atoms with Gasteiger partial charge in [0.2, 0.25) is 0 Å². The molecular formula is C16H25FN2. The van der Waals surface area contributed by atoms with Gasteiger partial charge in [-0.1, -0.05) is 26.0 Å². The monoisotopic (exact) mass is 264 g/mol. The predicted octanol–water partition coefficient (Wildman–Crippen LogP) is 3.13. The molecule has 0 bridgehead atoms. The van der Waals surface area contributed by atoms with Crippen LogP contribution >= 0.6 is 0 Å². The van der Waals surface area contributed by atoms with E-state index in [1.807, 2.05) is 19.1 Å². The SMILES string of the molecule is Cc1cc(C(CC(C)C)N2CCNCC2)ccc1F. The molecule has 0 saturated carbocycles. The van der Waals surface area contributed by atoms with Crippen LogP contribution in [0.15, 0.2) is 18.2 Å². The number of hydrogen-bond donors (Lipinski definition) is 1. The second-order valence-corrected chi connectivity index (χ2v) is 5.94. The molecule has 1 unspecified atom stereocenters. The summed E-state index contributed by atoms with van der Waals surface area (Å²) in [6.45, 7) is 10.6. The van der Waals surface area contributed by atoms with E-state index in [9.17, 15) is 4.39 Å². The zero-order valence-corrected chi connectivity index (χ0v) is 12.2. The molecule has 2 rings (SSSR count). The van der Waals surface area contributed by atoms with Crippen LogP contribution in [0.2, 0.25) is 0 Å². The second kappa shape index (κ2) is 6.49. The number of aryl methyl sites for hydroxylation is 1. The van der Waals surface area contributed by atoms with Gasteiger partial charge in [-0.25, -0.2) is 4.39 Å². The molecule has 1 saturated heterocycles. The zero-order valence-electron chi connectivity index (χ0n) is 12.2. The van der Waals surface area contributed by atoms with E-state index in [1.54, 1.807) is 6.07 Å². The number of rotatable bonds is 4. The summed E-state index contributed by atoms with van der Waals surface area (Å²) in [6, 6.07) is 6.00. The summed E-state index contributed by atoms with van der Waals surface area (Å²) >= 11 is 0. The summed E-state index contributed by atoms with van der Waals surface area (Å²) in [5.41, 5.74) is 2.01. The van der Waals surface area contributed by atoms with Crippen molar-refractivity contribution >= 4 is 0 Å². The third-order valence-electron chi connectivity index (χ3n) is 3.85. The molecular weight excluding hydrogens is 239 g/mol. The van der Waals surface area contributed by atoms with Crippen molar-refractivity contribution in [2.75, 3.05) is 26.2 Å². The molecule has 0 aliphatic carbocycles. The first-order valence-electron chi connectivity index (χ1n) is 7.28. The molecule has 1 aliphatic heterocycles. The topological polar surface area (TPSA) is 15.3 Å². The van der Waals surface area contributed by atoms with Gasteiger partial charge in [-0.2, -0.15) is 0 Å². The highest BCUT2D eigenvalue weighted by Crippen LogP contribution is 2.29. The lowest BCUT2D eigenvalue weighted by Gasteiger charge is -2.36. The highest BCUT2D eigenvalue weighted by molar-refractivity contribution is 5.26. The Kier molecular flexibility index (Phi) is 4.94. The summed E-state index contributed by atoms with van der Waals surface area (Å²) in [5, 5.41) is 3.39. The van der Waals surface area contributed by atoms with Gasteiger partial charge < -0.3 is 5.32 Å². The zero-order chi connectivity index (χ0) is 13.8. The third kappa shape index (κ3) is 3.77. The van der Waals surface area contributed by atoms with Crippen LogP contribution in [-0.4, -0.2) is 31.1 Å². The van der Waals surface area contributed by atoms with Gasteiger partial charge in [0.15, 0.2) is 0 Å². The van der Waals surface area contributed by atoms with E-state index in [0.29, 0.717) is 12.0 Å². The molecule has 19 heavy (non-hydrogen) atoms. The summed E-state index contributed by atoms with van der Waals surface area (Å²) < 4.78 is 13.4. The molecule has 0 aromatic heterocycles. The van der Waals surface area contributed by atoms with Gasteiger partial charge in [-0.05, 0) is 36.5 Å². The Bertz CT molecular complexity index is 411. The van der Waals surface area contributed by atoms with E-state index < -0.39 is 0 Å². The number of piperazine rings is 1. The number of halogens is 1. The van der Waals surface area contributed by atoms with Crippen LogP contribution in [0, 0.1) is 18.7 Å². The van der Waals surface area contributed by atoms with Crippen LogP contribution in [0.5, 0.6) is 0 Å². The fourth-order valence-corrected chi connectivity index (χ4v) is 2.81. The van der Waals surface area contributed by atoms with Gasteiger partial charge in [0.05, 0.1) is 0 Å². The second-order valence-electron chi connectivity index (χ2n) is 5.94. The quantitative estimate of drug-likeness (QED) is 0.899. The summed E-state index contributed by atoms with van der Waals surface area (Å²) in [4.78, 5) is 2.53. The van der Waals surface area contributed by atoms with Crippen LogP contribution in [0.25, 0.3) is 0 Å². The first-order chi connectivity index (χ1) is 9.08. The average Bonchev–Trinajstić information content (AvgIpc) is 2.40. The van der Waals surface area contributed by atoms with Crippen molar-refractivity contribution in [3.05, 3.63) is 35.1 Å². The van der Waals surface area contributed by atoms with Gasteiger partial charge in [0, 0.05) is 32.2 Å². The molecule has 3 heteroatoms. The van der Waals surface area contributed by atoms with E-state index in [0.717, 1.165) is 38.2 Å². The van der Waals surface area contributed by atoms with Crippen molar-refractivity contribution in [1.82, 2.24) is 10.2 Å². The minimum absolute atomic E-state index is 0.104. The first kappa shape index (κ1) is 14.5. The molecule has 1 heterocycles. The molecule has 0 amide bonds. The minimum Gasteiger partial charge on any atom is -0.314 e. The van der Waals surface area contributed by atoms with Gasteiger partial charge in [0.25, 0.3) is 0 Å². The Labute approximate surface area is 116 Å². The van der Waals surface area contributed by atoms with Crippen molar-refractivity contribution < 1.29 is 4.39 Å². The Balaban J connectivity index is 2.22. The van der Waals surface area contributed by atoms with Crippen LogP contribution in [0.3, 0.4) is 0 Å². The van der Waals surface area contributed by atoms with Crippen LogP contribution in [0.4, 0.5) is 4.39 Å². The molecule has 1 atom stereocenters. The fourth-order valence-electron chi connectivity index (χ4n) is 2.81. The van der Waals surface area contributed by atoms with Crippen LogP contribution in [0.1, 0.15) is 37.4 Å². The van der Waals surface area contributed by atoms with Gasteiger partial charge in [0.1, 0.15) is 5.82 Å². The van der Waals surface area contributed by atoms with Crippen molar-refractivity contribution in [2.45, 2.75) is 33.2 Å². The Morgan fingerprint density at radius 1 is 1.26 bits per heavy atom. The molecule has 106 valence electrons. The van der Waals surface area contributed by atoms with E-state index >= 15 is 0 Å². The maximum absolute atomic E-state index is 13.4. The fraction of sp³-hybridized carbons (Fsp3) is 0.625. The van der Waals surface area contributed by atoms with E-state index in [-0.39, 0.29) is 5.82 Å². The highest BCUT2D eigenvalue weighted by Gasteiger charge is 2.23. The maximum Gasteiger partial charge on any atom is 0.126 e. The average molecular weight is 264 g/mol. The number of hydrogen-bond acceptors (Lipinski definition) is 2. The molecule has 0 spiro atoms. The highest BCUT2D eigenvalue weighted by atomic mass is 19.1. The predicted molar refractivity (Wildman–Crippen MR) is 77.8 cm³/mol. The molecule has 2 nitrogen and oxygen atoms in total. The standard InChI is InChI=1S/C16H25FN2/c1-12(2)10-16(19-8-6-18-7-9-19)14-4-5-15(17)13(3)11-14/h4-5,11-12,16,18H,6-10H2,1-3H3. The van der Waals surface area contributed by atoms with E-state index in [4.69, 9.17) is 0 Å². The van der Waals surface area contributed by atoms with Gasteiger partial charge in [-0.15, -0.1) is 0 Å². The smallest absolute Gasteiger partial charge is 0.126 e. The summed E-state index contributed by atoms with van der Waals surface area (Å²) in [5.74, 6) is 0.539. The lowest BCUT2D eigenvalue weighted by atomic mass is 9.94. The van der Waals surface area contributed by atoms with Gasteiger partial charge in [-0.3, -0.25) is 4.90 Å². The van der Waals surface area contributed by atoms with Crippen LogP contribution in [-0.2, 0) is 0 Å². The lowest BCUT2D eigenvalue weighted by molar-refractivity contribution is 0.154. The summed E-state index contributed by atoms with van der Waals surface area (Å²) in [7, 11) is 0. The lowest BCUT2D eigenvalue weighted by Crippen LogP contribution is -2.45. The number of nitrogens with zero attached hydrogens (tertiary/aromatic N) is 1. The Morgan fingerprint density at radius 2 is 1.95 bits per heavy atom. The van der Waals surface area contributed by atoms with Gasteiger partial charge >= 0.3 is 0 Å². The van der Waals surface area contributed by atoms with Crippen molar-refractivity contribution in [3.63, 3.8) is 0 Å². The molecule has 1 aliphatic rings. The number of benzene rings is 1. The molecule has 0 radical (unpaired) electrons. The van der Waals surface area contributed by atoms with E-state index in [1.165, 1.54) is 5.56 Å². The van der Waals surface area contributed by atoms with E-state index in [2.05, 4.69) is 24.1 Å².